The Balaban J connectivity index is 2.01. The fraction of sp³-hybridized carbons (Fsp3) is 0.0833. The highest BCUT2D eigenvalue weighted by molar-refractivity contribution is 5.72. The smallest absolute Gasteiger partial charge is 0.353 e. The summed E-state index contributed by atoms with van der Waals surface area (Å²) < 4.78 is 42.2. The third-order valence-corrected chi connectivity index (χ3v) is 2.58. The molecular formula is C12H6F3N3O. The normalized spacial score (nSPS) is 11.9. The topological polar surface area (TPSA) is 51.8 Å². The number of nitrogens with zero attached hydrogens (tertiary/aromatic N) is 3. The molecule has 0 radical (unpaired) electrons. The molecule has 0 bridgehead atoms. The van der Waals surface area contributed by atoms with Crippen molar-refractivity contribution in [1.29, 1.82) is 0 Å². The Kier molecular flexibility index (Phi) is 2.48. The molecule has 0 fully saturated rings. The SMILES string of the molecule is FC(F)(F)c1ccc(-c2ncc3oncc3n2)cc1. The van der Waals surface area contributed by atoms with Crippen LogP contribution in [0.5, 0.6) is 0 Å². The quantitative estimate of drug-likeness (QED) is 0.677. The zero-order valence-corrected chi connectivity index (χ0v) is 9.35. The number of benzene rings is 1. The molecule has 19 heavy (non-hydrogen) atoms. The van der Waals surface area contributed by atoms with Crippen molar-refractivity contribution in [1.82, 2.24) is 15.1 Å². The molecule has 2 aromatic heterocycles. The zero-order chi connectivity index (χ0) is 13.5. The molecule has 7 heteroatoms. The van der Waals surface area contributed by atoms with E-state index in [0.29, 0.717) is 22.5 Å². The van der Waals surface area contributed by atoms with Crippen LogP contribution in [0.1, 0.15) is 5.56 Å². The summed E-state index contributed by atoms with van der Waals surface area (Å²) in [5.74, 6) is 0.324. The Morgan fingerprint density at radius 1 is 1.00 bits per heavy atom. The minimum atomic E-state index is -4.35. The van der Waals surface area contributed by atoms with Crippen LogP contribution >= 0.6 is 0 Å². The van der Waals surface area contributed by atoms with Crippen LogP contribution in [0.15, 0.2) is 41.2 Å². The van der Waals surface area contributed by atoms with Gasteiger partial charge in [-0.1, -0.05) is 17.3 Å². The third kappa shape index (κ3) is 2.14. The van der Waals surface area contributed by atoms with Crippen molar-refractivity contribution in [2.75, 3.05) is 0 Å². The summed E-state index contributed by atoms with van der Waals surface area (Å²) in [7, 11) is 0. The molecule has 3 rings (SSSR count). The van der Waals surface area contributed by atoms with Crippen molar-refractivity contribution in [2.24, 2.45) is 0 Å². The van der Waals surface area contributed by atoms with Gasteiger partial charge < -0.3 is 4.52 Å². The second-order valence-corrected chi connectivity index (χ2v) is 3.84. The maximum absolute atomic E-state index is 12.4. The summed E-state index contributed by atoms with van der Waals surface area (Å²) in [5.41, 5.74) is 0.721. The van der Waals surface area contributed by atoms with Gasteiger partial charge >= 0.3 is 6.18 Å². The van der Waals surface area contributed by atoms with Gasteiger partial charge in [0.15, 0.2) is 5.82 Å². The molecule has 0 N–H and O–H groups in total. The first-order valence-electron chi connectivity index (χ1n) is 5.29. The van der Waals surface area contributed by atoms with Gasteiger partial charge in [-0.15, -0.1) is 0 Å². The zero-order valence-electron chi connectivity index (χ0n) is 9.35. The van der Waals surface area contributed by atoms with E-state index in [1.807, 2.05) is 0 Å². The van der Waals surface area contributed by atoms with Crippen molar-refractivity contribution in [3.05, 3.63) is 42.2 Å². The fourth-order valence-corrected chi connectivity index (χ4v) is 1.63. The molecule has 0 saturated carbocycles. The first-order valence-corrected chi connectivity index (χ1v) is 5.29. The summed E-state index contributed by atoms with van der Waals surface area (Å²) in [6, 6.07) is 4.65. The van der Waals surface area contributed by atoms with Gasteiger partial charge in [0.05, 0.1) is 18.0 Å². The maximum atomic E-state index is 12.4. The molecule has 0 aliphatic heterocycles. The number of fused-ring (bicyclic) bond motifs is 1. The van der Waals surface area contributed by atoms with Crippen molar-refractivity contribution in [3.63, 3.8) is 0 Å². The van der Waals surface area contributed by atoms with E-state index in [-0.39, 0.29) is 0 Å². The largest absolute Gasteiger partial charge is 0.416 e. The van der Waals surface area contributed by atoms with Crippen LogP contribution in [-0.4, -0.2) is 15.1 Å². The standard InChI is InChI=1S/C12H6F3N3O/c13-12(14,15)8-3-1-7(2-4-8)11-16-6-10-9(18-11)5-17-19-10/h1-6H. The molecule has 0 amide bonds. The number of hydrogen-bond donors (Lipinski definition) is 0. The molecule has 0 spiro atoms. The molecule has 3 aromatic rings. The first kappa shape index (κ1) is 11.6. The van der Waals surface area contributed by atoms with Crippen molar-refractivity contribution < 1.29 is 17.7 Å². The highest BCUT2D eigenvalue weighted by Gasteiger charge is 2.30. The molecule has 96 valence electrons. The molecule has 0 saturated heterocycles. The maximum Gasteiger partial charge on any atom is 0.416 e. The third-order valence-electron chi connectivity index (χ3n) is 2.58. The van der Waals surface area contributed by atoms with Crippen LogP contribution in [0.4, 0.5) is 13.2 Å². The number of alkyl halides is 3. The summed E-state index contributed by atoms with van der Waals surface area (Å²) >= 11 is 0. The average Bonchev–Trinajstić information content (AvgIpc) is 2.85. The lowest BCUT2D eigenvalue weighted by Crippen LogP contribution is -2.04. The Morgan fingerprint density at radius 2 is 1.74 bits per heavy atom. The van der Waals surface area contributed by atoms with E-state index in [1.165, 1.54) is 24.5 Å². The summed E-state index contributed by atoms with van der Waals surface area (Å²) in [4.78, 5) is 8.16. The van der Waals surface area contributed by atoms with Gasteiger partial charge in [0.25, 0.3) is 0 Å². The second kappa shape index (κ2) is 4.04. The Hall–Kier alpha value is -2.44. The van der Waals surface area contributed by atoms with Gasteiger partial charge in [-0.2, -0.15) is 13.2 Å². The highest BCUT2D eigenvalue weighted by Crippen LogP contribution is 2.30. The summed E-state index contributed by atoms with van der Waals surface area (Å²) in [5, 5.41) is 3.56. The van der Waals surface area contributed by atoms with Crippen LogP contribution in [0.3, 0.4) is 0 Å². The van der Waals surface area contributed by atoms with E-state index in [0.717, 1.165) is 12.1 Å². The van der Waals surface area contributed by atoms with Crippen LogP contribution in [0, 0.1) is 0 Å². The van der Waals surface area contributed by atoms with E-state index in [1.54, 1.807) is 0 Å². The van der Waals surface area contributed by atoms with Crippen LogP contribution in [0.2, 0.25) is 0 Å². The van der Waals surface area contributed by atoms with Gasteiger partial charge in [-0.05, 0) is 12.1 Å². The van der Waals surface area contributed by atoms with E-state index < -0.39 is 11.7 Å². The predicted molar refractivity (Wildman–Crippen MR) is 60.0 cm³/mol. The van der Waals surface area contributed by atoms with Crippen molar-refractivity contribution in [2.45, 2.75) is 6.18 Å². The number of halogens is 3. The van der Waals surface area contributed by atoms with Crippen molar-refractivity contribution in [3.8, 4) is 11.4 Å². The van der Waals surface area contributed by atoms with Gasteiger partial charge in [0, 0.05) is 5.56 Å². The minimum Gasteiger partial charge on any atom is -0.353 e. The lowest BCUT2D eigenvalue weighted by Gasteiger charge is -2.06. The molecule has 2 heterocycles. The van der Waals surface area contributed by atoms with E-state index in [4.69, 9.17) is 4.52 Å². The molecule has 0 unspecified atom stereocenters. The average molecular weight is 265 g/mol. The van der Waals surface area contributed by atoms with Gasteiger partial charge in [0.1, 0.15) is 5.52 Å². The van der Waals surface area contributed by atoms with Crippen LogP contribution in [0.25, 0.3) is 22.5 Å². The lowest BCUT2D eigenvalue weighted by molar-refractivity contribution is -0.137. The molecule has 4 nitrogen and oxygen atoms in total. The second-order valence-electron chi connectivity index (χ2n) is 3.84. The Labute approximate surface area is 104 Å². The number of aromatic nitrogens is 3. The molecule has 0 atom stereocenters. The Morgan fingerprint density at radius 3 is 2.42 bits per heavy atom. The molecular weight excluding hydrogens is 259 g/mol. The van der Waals surface area contributed by atoms with Crippen LogP contribution in [-0.2, 0) is 6.18 Å². The number of rotatable bonds is 1. The first-order chi connectivity index (χ1) is 9.04. The summed E-state index contributed by atoms with van der Waals surface area (Å²) in [6.45, 7) is 0. The molecule has 0 aliphatic rings. The van der Waals surface area contributed by atoms with E-state index in [9.17, 15) is 13.2 Å². The molecule has 0 aliphatic carbocycles. The Bertz CT molecular complexity index is 719. The van der Waals surface area contributed by atoms with E-state index >= 15 is 0 Å². The predicted octanol–water partition coefficient (Wildman–Crippen LogP) is 3.30. The van der Waals surface area contributed by atoms with Crippen molar-refractivity contribution >= 4 is 11.1 Å². The van der Waals surface area contributed by atoms with Gasteiger partial charge in [0.2, 0.25) is 5.58 Å². The number of hydrogen-bond acceptors (Lipinski definition) is 4. The van der Waals surface area contributed by atoms with Gasteiger partial charge in [-0.25, -0.2) is 9.97 Å². The minimum absolute atomic E-state index is 0.324. The van der Waals surface area contributed by atoms with Crippen LogP contribution < -0.4 is 0 Å². The van der Waals surface area contributed by atoms with Gasteiger partial charge in [-0.3, -0.25) is 0 Å². The summed E-state index contributed by atoms with van der Waals surface area (Å²) in [6.07, 6.45) is -1.50. The fourth-order valence-electron chi connectivity index (χ4n) is 1.63. The lowest BCUT2D eigenvalue weighted by atomic mass is 10.1. The monoisotopic (exact) mass is 265 g/mol. The van der Waals surface area contributed by atoms with E-state index in [2.05, 4.69) is 15.1 Å². The molecule has 1 aromatic carbocycles. The highest BCUT2D eigenvalue weighted by atomic mass is 19.4.